The van der Waals surface area contributed by atoms with E-state index in [1.807, 2.05) is 12.1 Å². The monoisotopic (exact) mass is 844 g/mol. The number of carbonyl (C=O) groups excluding carboxylic acids is 2. The molecule has 4 aromatic rings. The zero-order chi connectivity index (χ0) is 41.2. The minimum atomic E-state index is -3.09. The zero-order valence-corrected chi connectivity index (χ0v) is 37.0. The Morgan fingerprint density at radius 3 is 1.33 bits per heavy atom. The summed E-state index contributed by atoms with van der Waals surface area (Å²) in [7, 11) is 0. The van der Waals surface area contributed by atoms with Crippen molar-refractivity contribution in [3.05, 3.63) is 107 Å². The van der Waals surface area contributed by atoms with Crippen LogP contribution in [0.15, 0.2) is 73.1 Å². The van der Waals surface area contributed by atoms with Crippen LogP contribution in [0.4, 0.5) is 0 Å². The fraction of sp³-hybridized carbons (Fsp3) is 0.316. The first-order valence-electron chi connectivity index (χ1n) is 18.7. The summed E-state index contributed by atoms with van der Waals surface area (Å²) >= 11 is 0. The quantitative estimate of drug-likeness (QED) is 0.0817. The summed E-state index contributed by atoms with van der Waals surface area (Å²) in [5, 5.41) is 58.4. The van der Waals surface area contributed by atoms with E-state index in [0.717, 1.165) is 0 Å². The van der Waals surface area contributed by atoms with Gasteiger partial charge in [-0.2, -0.15) is 0 Å². The fourth-order valence-electron chi connectivity index (χ4n) is 6.99. The Kier molecular flexibility index (Phi) is 15.4. The van der Waals surface area contributed by atoms with E-state index in [2.05, 4.69) is 9.97 Å². The number of likely N-dealkylation sites (tertiary alicyclic amines) is 2. The number of rotatable bonds is 10. The molecule has 2 aromatic carbocycles. The van der Waals surface area contributed by atoms with Gasteiger partial charge in [0.05, 0.1) is 50.5 Å². The van der Waals surface area contributed by atoms with E-state index >= 15 is 0 Å². The van der Waals surface area contributed by atoms with Gasteiger partial charge in [-0.1, -0.05) is 36.9 Å². The number of pyridine rings is 2. The summed E-state index contributed by atoms with van der Waals surface area (Å²) in [5.74, 6) is -2.73. The predicted molar refractivity (Wildman–Crippen MR) is 203 cm³/mol. The van der Waals surface area contributed by atoms with Crippen LogP contribution in [0.3, 0.4) is 0 Å². The minimum Gasteiger partial charge on any atom is -0.669 e. The minimum absolute atomic E-state index is 0. The first-order valence-corrected chi connectivity index (χ1v) is 18.7. The van der Waals surface area contributed by atoms with Crippen molar-refractivity contribution in [2.24, 2.45) is 0 Å². The molecular formula is C38H40B2N4Na2O14. The van der Waals surface area contributed by atoms with Crippen molar-refractivity contribution in [3.8, 4) is 23.0 Å². The summed E-state index contributed by atoms with van der Waals surface area (Å²) in [4.78, 5) is 59.6. The molecule has 0 radical (unpaired) electrons. The topological polar surface area (TPSA) is 259 Å². The van der Waals surface area contributed by atoms with Crippen LogP contribution in [0.2, 0.25) is 12.6 Å². The normalized spacial score (nSPS) is 17.1. The number of benzene rings is 2. The molecule has 60 heavy (non-hydrogen) atoms. The Labute approximate surface area is 388 Å². The van der Waals surface area contributed by atoms with Crippen LogP contribution in [0.25, 0.3) is 0 Å². The van der Waals surface area contributed by atoms with Crippen LogP contribution in [0, 0.1) is 0 Å². The van der Waals surface area contributed by atoms with Crippen LogP contribution < -0.4 is 77.9 Å². The molecule has 0 unspecified atom stereocenters. The van der Waals surface area contributed by atoms with Gasteiger partial charge in [-0.3, -0.25) is 19.6 Å². The summed E-state index contributed by atoms with van der Waals surface area (Å²) in [6.07, 6.45) is 3.52. The number of carboxylic acid groups (broad SMARTS) is 2. The van der Waals surface area contributed by atoms with Crippen molar-refractivity contribution in [1.29, 1.82) is 0 Å². The smallest absolute Gasteiger partial charge is 0.669 e. The van der Waals surface area contributed by atoms with Crippen LogP contribution in [-0.4, -0.2) is 126 Å². The first kappa shape index (κ1) is 46.8. The molecule has 22 heteroatoms. The number of nitrogens with zero attached hydrogens (tertiary/aromatic N) is 4. The average molecular weight is 844 g/mol. The third kappa shape index (κ3) is 11.2. The SMILES string of the molecule is O=C(O)c1c(OC2CN(C(=O)Cc3ccccn3)C2)ccc2c1O[B-](O)(O)CC2.O=C(O)c1c(OC2CN(C(=O)Cc3ccccn3)C2)ccc2c1O[B-](O)(O)CC2.[Na+].[Na+]. The Bertz CT molecular complexity index is 2060. The maximum atomic E-state index is 12.3. The largest absolute Gasteiger partial charge is 1.00 e. The van der Waals surface area contributed by atoms with E-state index in [0.29, 0.717) is 61.5 Å². The van der Waals surface area contributed by atoms with Gasteiger partial charge in [0.2, 0.25) is 11.8 Å². The van der Waals surface area contributed by atoms with E-state index in [1.165, 1.54) is 0 Å². The van der Waals surface area contributed by atoms with Gasteiger partial charge in [-0.05, 0) is 60.4 Å². The van der Waals surface area contributed by atoms with E-state index < -0.39 is 25.4 Å². The Morgan fingerprint density at radius 2 is 1.00 bits per heavy atom. The van der Waals surface area contributed by atoms with Crippen molar-refractivity contribution in [3.63, 3.8) is 0 Å². The summed E-state index contributed by atoms with van der Waals surface area (Å²) in [5.41, 5.74) is 2.04. The first-order chi connectivity index (χ1) is 27.6. The second-order valence-corrected chi connectivity index (χ2v) is 14.6. The van der Waals surface area contributed by atoms with Gasteiger partial charge in [-0.25, -0.2) is 9.59 Å². The second-order valence-electron chi connectivity index (χ2n) is 14.6. The van der Waals surface area contributed by atoms with Crippen molar-refractivity contribution in [2.75, 3.05) is 26.2 Å². The second kappa shape index (κ2) is 19.7. The van der Waals surface area contributed by atoms with Crippen LogP contribution in [-0.2, 0) is 35.3 Å². The maximum absolute atomic E-state index is 12.3. The summed E-state index contributed by atoms with van der Waals surface area (Å²) in [6.45, 7) is -4.86. The maximum Gasteiger partial charge on any atom is 1.00 e. The molecule has 4 aliphatic heterocycles. The standard InChI is InChI=1S/2C19H20BN2O7.2Na/c2*23-16(9-13-3-1-2-8-21-13)22-10-14(11-22)28-15-5-4-12-6-7-20(26,27)29-18(12)17(15)19(24)25;;/h2*1-5,8,14,26-27H,6-7,9-11H2,(H,24,25);;/q2*-1;2*+1. The van der Waals surface area contributed by atoms with E-state index in [9.17, 15) is 49.5 Å². The number of hydrogen-bond acceptors (Lipinski definition) is 14. The third-order valence-electron chi connectivity index (χ3n) is 10.1. The molecular weight excluding hydrogens is 804 g/mol. The molecule has 0 spiro atoms. The number of aromatic nitrogens is 2. The number of carbonyl (C=O) groups is 4. The molecule has 4 aliphatic rings. The number of aryl methyl sites for hydroxylation is 2. The van der Waals surface area contributed by atoms with Crippen molar-refractivity contribution < 1.29 is 127 Å². The molecule has 2 fully saturated rings. The van der Waals surface area contributed by atoms with Crippen molar-refractivity contribution in [1.82, 2.24) is 19.8 Å². The Morgan fingerprint density at radius 1 is 0.617 bits per heavy atom. The molecule has 304 valence electrons. The van der Waals surface area contributed by atoms with Gasteiger partial charge >= 0.3 is 84.6 Å². The summed E-state index contributed by atoms with van der Waals surface area (Å²) in [6, 6.07) is 17.2. The predicted octanol–water partition coefficient (Wildman–Crippen LogP) is -5.05. The van der Waals surface area contributed by atoms with Crippen LogP contribution in [0.5, 0.6) is 23.0 Å². The Hall–Kier alpha value is -4.21. The number of amides is 2. The number of hydrogen-bond donors (Lipinski definition) is 6. The molecule has 0 bridgehead atoms. The molecule has 2 saturated heterocycles. The number of fused-ring (bicyclic) bond motifs is 2. The average Bonchev–Trinajstić information content (AvgIpc) is 3.13. The molecule has 2 aromatic heterocycles. The van der Waals surface area contributed by atoms with E-state index in [4.69, 9.17) is 18.8 Å². The molecule has 18 nitrogen and oxygen atoms in total. The molecule has 0 atom stereocenters. The van der Waals surface area contributed by atoms with Crippen LogP contribution >= 0.6 is 0 Å². The van der Waals surface area contributed by atoms with Gasteiger partial charge in [0.25, 0.3) is 0 Å². The molecule has 2 amide bonds. The van der Waals surface area contributed by atoms with Gasteiger partial charge in [0, 0.05) is 23.8 Å². The number of carboxylic acids is 2. The van der Waals surface area contributed by atoms with Gasteiger partial charge in [0.15, 0.2) is 0 Å². The van der Waals surface area contributed by atoms with Crippen LogP contribution in [0.1, 0.15) is 43.2 Å². The molecule has 8 rings (SSSR count). The van der Waals surface area contributed by atoms with Gasteiger partial charge < -0.3 is 58.9 Å². The van der Waals surface area contributed by atoms with Gasteiger partial charge in [-0.15, -0.1) is 0 Å². The summed E-state index contributed by atoms with van der Waals surface area (Å²) < 4.78 is 21.9. The van der Waals surface area contributed by atoms with E-state index in [1.54, 1.807) is 70.7 Å². The van der Waals surface area contributed by atoms with Crippen molar-refractivity contribution in [2.45, 2.75) is 50.5 Å². The van der Waals surface area contributed by atoms with Crippen molar-refractivity contribution >= 4 is 37.3 Å². The van der Waals surface area contributed by atoms with E-state index in [-0.39, 0.29) is 143 Å². The fourth-order valence-corrected chi connectivity index (χ4v) is 6.99. The zero-order valence-electron chi connectivity index (χ0n) is 33.0. The molecule has 0 aliphatic carbocycles. The molecule has 0 saturated carbocycles. The van der Waals surface area contributed by atoms with Gasteiger partial charge in [0.1, 0.15) is 34.8 Å². The third-order valence-corrected chi connectivity index (χ3v) is 10.1. The Balaban J connectivity index is 0.000000220. The number of aromatic carboxylic acids is 2. The molecule has 6 heterocycles. The number of ether oxygens (including phenoxy) is 2. The molecule has 6 N–H and O–H groups in total.